The standard InChI is InChI=1S/C17H26NO/c1-11(2)15-8-7-14(9-18-10-19)16(12(3)4)17(15)13(5)6/h7-8,11-13H,9H2,1-6H3,(H,18,19). The van der Waals surface area contributed by atoms with Crippen LogP contribution >= 0.6 is 0 Å². The Hall–Kier alpha value is -1.31. The summed E-state index contributed by atoms with van der Waals surface area (Å²) >= 11 is 0. The minimum absolute atomic E-state index is 0.458. The van der Waals surface area contributed by atoms with Gasteiger partial charge < -0.3 is 5.32 Å². The minimum atomic E-state index is 0.458. The van der Waals surface area contributed by atoms with Gasteiger partial charge >= 0.3 is 6.41 Å². The Morgan fingerprint density at radius 1 is 0.947 bits per heavy atom. The highest BCUT2D eigenvalue weighted by atomic mass is 16.1. The van der Waals surface area contributed by atoms with Gasteiger partial charge in [0.05, 0.1) is 0 Å². The van der Waals surface area contributed by atoms with Gasteiger partial charge in [0, 0.05) is 6.54 Å². The largest absolute Gasteiger partial charge is 0.344 e. The molecule has 0 aliphatic carbocycles. The van der Waals surface area contributed by atoms with Crippen LogP contribution < -0.4 is 5.32 Å². The third-order valence-corrected chi connectivity index (χ3v) is 3.54. The molecule has 1 amide bonds. The molecule has 0 saturated heterocycles. The maximum Gasteiger partial charge on any atom is 0.309 e. The highest BCUT2D eigenvalue weighted by molar-refractivity contribution is 5.50. The van der Waals surface area contributed by atoms with Gasteiger partial charge in [0.2, 0.25) is 0 Å². The van der Waals surface area contributed by atoms with E-state index in [-0.39, 0.29) is 0 Å². The fourth-order valence-corrected chi connectivity index (χ4v) is 2.81. The first-order chi connectivity index (χ1) is 8.90. The molecular weight excluding hydrogens is 234 g/mol. The molecule has 1 aromatic rings. The Morgan fingerprint density at radius 2 is 1.53 bits per heavy atom. The van der Waals surface area contributed by atoms with Crippen LogP contribution in [0.5, 0.6) is 0 Å². The van der Waals surface area contributed by atoms with Gasteiger partial charge in [-0.2, -0.15) is 0 Å². The van der Waals surface area contributed by atoms with E-state index in [4.69, 9.17) is 0 Å². The molecule has 0 aromatic heterocycles. The van der Waals surface area contributed by atoms with Crippen LogP contribution in [0.3, 0.4) is 0 Å². The zero-order chi connectivity index (χ0) is 14.6. The van der Waals surface area contributed by atoms with E-state index in [1.807, 2.05) is 0 Å². The molecule has 2 nitrogen and oxygen atoms in total. The Labute approximate surface area is 117 Å². The molecule has 0 bridgehead atoms. The van der Waals surface area contributed by atoms with Crippen molar-refractivity contribution < 1.29 is 4.79 Å². The van der Waals surface area contributed by atoms with Crippen molar-refractivity contribution in [3.63, 3.8) is 0 Å². The quantitative estimate of drug-likeness (QED) is 0.763. The Bertz CT molecular complexity index is 433. The molecule has 0 saturated carbocycles. The summed E-state index contributed by atoms with van der Waals surface area (Å²) in [6, 6.07) is 4.37. The summed E-state index contributed by atoms with van der Waals surface area (Å²) < 4.78 is 0. The molecule has 2 heteroatoms. The monoisotopic (exact) mass is 260 g/mol. The van der Waals surface area contributed by atoms with Gasteiger partial charge in [-0.25, -0.2) is 0 Å². The zero-order valence-corrected chi connectivity index (χ0v) is 13.0. The van der Waals surface area contributed by atoms with Gasteiger partial charge in [-0.1, -0.05) is 53.7 Å². The van der Waals surface area contributed by atoms with Crippen LogP contribution in [0.4, 0.5) is 0 Å². The summed E-state index contributed by atoms with van der Waals surface area (Å²) in [5.41, 5.74) is 5.49. The fraction of sp³-hybridized carbons (Fsp3) is 0.588. The first-order valence-electron chi connectivity index (χ1n) is 7.15. The van der Waals surface area contributed by atoms with Crippen molar-refractivity contribution in [2.45, 2.75) is 65.8 Å². The third kappa shape index (κ3) is 3.59. The Morgan fingerprint density at radius 3 is 1.95 bits per heavy atom. The summed E-state index contributed by atoms with van der Waals surface area (Å²) in [5, 5.41) is 2.67. The van der Waals surface area contributed by atoms with E-state index in [9.17, 15) is 4.79 Å². The smallest absolute Gasteiger partial charge is 0.309 e. The SMILES string of the molecule is CC(C)c1ccc(CN[C]=O)c(C(C)C)c1C(C)C. The summed E-state index contributed by atoms with van der Waals surface area (Å²) in [4.78, 5) is 10.4. The van der Waals surface area contributed by atoms with Crippen LogP contribution in [-0.2, 0) is 11.3 Å². The second-order valence-corrected chi connectivity index (χ2v) is 6.06. The number of hydrogen-bond acceptors (Lipinski definition) is 1. The van der Waals surface area contributed by atoms with Crippen molar-refractivity contribution in [3.8, 4) is 0 Å². The van der Waals surface area contributed by atoms with Gasteiger partial charge in [0.1, 0.15) is 0 Å². The molecule has 0 aliphatic heterocycles. The number of benzene rings is 1. The van der Waals surface area contributed by atoms with Crippen LogP contribution in [0.1, 0.15) is 81.5 Å². The molecular formula is C17H26NO. The molecule has 1 radical (unpaired) electrons. The fourth-order valence-electron chi connectivity index (χ4n) is 2.81. The highest BCUT2D eigenvalue weighted by Gasteiger charge is 2.19. The maximum atomic E-state index is 10.4. The summed E-state index contributed by atoms with van der Waals surface area (Å²) in [6.07, 6.45) is 1.77. The Balaban J connectivity index is 3.44. The summed E-state index contributed by atoms with van der Waals surface area (Å²) in [6.45, 7) is 14.0. The van der Waals surface area contributed by atoms with Gasteiger partial charge in [-0.05, 0) is 40.0 Å². The average Bonchev–Trinajstić information content (AvgIpc) is 2.34. The topological polar surface area (TPSA) is 29.1 Å². The summed E-state index contributed by atoms with van der Waals surface area (Å²) in [7, 11) is 0. The zero-order valence-electron chi connectivity index (χ0n) is 13.0. The van der Waals surface area contributed by atoms with Gasteiger partial charge in [0.15, 0.2) is 0 Å². The highest BCUT2D eigenvalue weighted by Crippen LogP contribution is 2.35. The van der Waals surface area contributed by atoms with E-state index in [0.717, 1.165) is 0 Å². The Kier molecular flexibility index (Phi) is 5.59. The number of rotatable bonds is 6. The molecule has 0 unspecified atom stereocenters. The van der Waals surface area contributed by atoms with Crippen LogP contribution in [0.2, 0.25) is 0 Å². The van der Waals surface area contributed by atoms with E-state index in [0.29, 0.717) is 24.3 Å². The van der Waals surface area contributed by atoms with Crippen LogP contribution in [0, 0.1) is 0 Å². The molecule has 0 fully saturated rings. The lowest BCUT2D eigenvalue weighted by Crippen LogP contribution is -2.15. The summed E-state index contributed by atoms with van der Waals surface area (Å²) in [5.74, 6) is 1.48. The molecule has 0 aliphatic rings. The second kappa shape index (κ2) is 6.74. The maximum absolute atomic E-state index is 10.4. The lowest BCUT2D eigenvalue weighted by molar-refractivity contribution is 0.541. The number of carbonyl (C=O) groups excluding carboxylic acids is 1. The van der Waals surface area contributed by atoms with Crippen LogP contribution in [0.25, 0.3) is 0 Å². The molecule has 105 valence electrons. The molecule has 1 rings (SSSR count). The van der Waals surface area contributed by atoms with E-state index in [1.54, 1.807) is 6.41 Å². The lowest BCUT2D eigenvalue weighted by atomic mass is 9.81. The van der Waals surface area contributed by atoms with Crippen molar-refractivity contribution in [3.05, 3.63) is 34.4 Å². The number of nitrogens with one attached hydrogen (secondary N) is 1. The van der Waals surface area contributed by atoms with Crippen molar-refractivity contribution in [1.29, 1.82) is 0 Å². The molecule has 0 heterocycles. The van der Waals surface area contributed by atoms with E-state index in [2.05, 4.69) is 59.0 Å². The van der Waals surface area contributed by atoms with Crippen molar-refractivity contribution in [2.24, 2.45) is 0 Å². The van der Waals surface area contributed by atoms with Gasteiger partial charge in [-0.15, -0.1) is 0 Å². The van der Waals surface area contributed by atoms with Crippen LogP contribution in [-0.4, -0.2) is 6.41 Å². The molecule has 0 atom stereocenters. The predicted molar refractivity (Wildman–Crippen MR) is 81.2 cm³/mol. The molecule has 19 heavy (non-hydrogen) atoms. The lowest BCUT2D eigenvalue weighted by Gasteiger charge is -2.25. The van der Waals surface area contributed by atoms with Gasteiger partial charge in [0.25, 0.3) is 0 Å². The van der Waals surface area contributed by atoms with Crippen LogP contribution in [0.15, 0.2) is 12.1 Å². The minimum Gasteiger partial charge on any atom is -0.344 e. The molecule has 1 aromatic carbocycles. The number of amides is 1. The first-order valence-corrected chi connectivity index (χ1v) is 7.15. The van der Waals surface area contributed by atoms with E-state index >= 15 is 0 Å². The molecule has 0 spiro atoms. The third-order valence-electron chi connectivity index (χ3n) is 3.54. The van der Waals surface area contributed by atoms with E-state index < -0.39 is 0 Å². The average molecular weight is 260 g/mol. The first kappa shape index (κ1) is 15.7. The number of hydrogen-bond donors (Lipinski definition) is 1. The van der Waals surface area contributed by atoms with E-state index in [1.165, 1.54) is 22.3 Å². The normalized spacial score (nSPS) is 11.4. The van der Waals surface area contributed by atoms with Crippen molar-refractivity contribution >= 4 is 6.41 Å². The van der Waals surface area contributed by atoms with Crippen molar-refractivity contribution in [1.82, 2.24) is 5.32 Å². The predicted octanol–water partition coefficient (Wildman–Crippen LogP) is 4.21. The molecule has 1 N–H and O–H groups in total. The second-order valence-electron chi connectivity index (χ2n) is 6.06. The van der Waals surface area contributed by atoms with Crippen molar-refractivity contribution in [2.75, 3.05) is 0 Å². The van der Waals surface area contributed by atoms with Gasteiger partial charge in [-0.3, -0.25) is 4.79 Å².